The second kappa shape index (κ2) is 6.54. The lowest BCUT2D eigenvalue weighted by Crippen LogP contribution is -2.01. The predicted octanol–water partition coefficient (Wildman–Crippen LogP) is 2.68. The molecule has 18 heavy (non-hydrogen) atoms. The van der Waals surface area contributed by atoms with Crippen LogP contribution >= 0.6 is 0 Å². The maximum absolute atomic E-state index is 10.9. The van der Waals surface area contributed by atoms with Gasteiger partial charge in [-0.2, -0.15) is 0 Å². The number of Topliss-reactive ketones (excluding diaryl/α,β-unsaturated/α-hetero) is 1. The molecule has 0 atom stereocenters. The fraction of sp³-hybridized carbons (Fsp3) is 0.308. The Bertz CT molecular complexity index is 480. The van der Waals surface area contributed by atoms with Crippen LogP contribution in [0.25, 0.3) is 6.08 Å². The first-order chi connectivity index (χ1) is 8.52. The van der Waals surface area contributed by atoms with Gasteiger partial charge in [-0.1, -0.05) is 12.1 Å². The standard InChI is InChI=1S/C13H15NO4/c1-10(15)6-7-12(14(16)17)8-11-4-3-5-13(9-11)18-2/h3-5,8-9H,6-7H2,1-2H3/b12-8+. The number of allylic oxidation sites excluding steroid dienone is 1. The summed E-state index contributed by atoms with van der Waals surface area (Å²) in [5, 5.41) is 10.9. The summed E-state index contributed by atoms with van der Waals surface area (Å²) >= 11 is 0. The van der Waals surface area contributed by atoms with Crippen LogP contribution in [-0.2, 0) is 4.79 Å². The van der Waals surface area contributed by atoms with Crippen LogP contribution in [-0.4, -0.2) is 17.8 Å². The third-order valence-electron chi connectivity index (χ3n) is 2.39. The Morgan fingerprint density at radius 3 is 2.72 bits per heavy atom. The Kier molecular flexibility index (Phi) is 5.05. The number of hydrogen-bond acceptors (Lipinski definition) is 4. The summed E-state index contributed by atoms with van der Waals surface area (Å²) in [7, 11) is 1.53. The number of nitrogens with zero attached hydrogens (tertiary/aromatic N) is 1. The SMILES string of the molecule is COc1cccc(/C=C(\CCC(C)=O)[N+](=O)[O-])c1. The normalized spacial score (nSPS) is 11.1. The average molecular weight is 249 g/mol. The Morgan fingerprint density at radius 2 is 2.17 bits per heavy atom. The number of carbonyl (C=O) groups is 1. The van der Waals surface area contributed by atoms with Gasteiger partial charge in [0.2, 0.25) is 5.70 Å². The second-order valence-electron chi connectivity index (χ2n) is 3.87. The van der Waals surface area contributed by atoms with E-state index in [9.17, 15) is 14.9 Å². The lowest BCUT2D eigenvalue weighted by molar-refractivity contribution is -0.426. The summed E-state index contributed by atoms with van der Waals surface area (Å²) < 4.78 is 5.04. The zero-order valence-corrected chi connectivity index (χ0v) is 10.4. The van der Waals surface area contributed by atoms with Crippen LogP contribution in [0, 0.1) is 10.1 Å². The molecule has 0 saturated heterocycles. The molecule has 0 N–H and O–H groups in total. The molecular weight excluding hydrogens is 234 g/mol. The zero-order chi connectivity index (χ0) is 13.5. The molecule has 1 aromatic carbocycles. The summed E-state index contributed by atoms with van der Waals surface area (Å²) in [4.78, 5) is 21.3. The Labute approximate surface area is 105 Å². The zero-order valence-electron chi connectivity index (χ0n) is 10.4. The molecule has 0 aliphatic rings. The van der Waals surface area contributed by atoms with E-state index in [0.717, 1.165) is 0 Å². The minimum absolute atomic E-state index is 0.0263. The highest BCUT2D eigenvalue weighted by atomic mass is 16.6. The highest BCUT2D eigenvalue weighted by molar-refractivity contribution is 5.75. The molecule has 1 rings (SSSR count). The van der Waals surface area contributed by atoms with Gasteiger partial charge in [0.25, 0.3) is 0 Å². The molecule has 0 aliphatic heterocycles. The molecular formula is C13H15NO4. The van der Waals surface area contributed by atoms with E-state index in [1.807, 2.05) is 0 Å². The van der Waals surface area contributed by atoms with Gasteiger partial charge in [0.15, 0.2) is 0 Å². The van der Waals surface area contributed by atoms with Crippen molar-refractivity contribution in [2.75, 3.05) is 7.11 Å². The number of hydrogen-bond donors (Lipinski definition) is 0. The molecule has 1 aromatic rings. The first-order valence-electron chi connectivity index (χ1n) is 5.51. The molecule has 0 fully saturated rings. The van der Waals surface area contributed by atoms with Crippen molar-refractivity contribution in [2.45, 2.75) is 19.8 Å². The van der Waals surface area contributed by atoms with Gasteiger partial charge in [0.05, 0.1) is 12.0 Å². The predicted molar refractivity (Wildman–Crippen MR) is 67.9 cm³/mol. The smallest absolute Gasteiger partial charge is 0.247 e. The fourth-order valence-corrected chi connectivity index (χ4v) is 1.44. The lowest BCUT2D eigenvalue weighted by atomic mass is 10.1. The van der Waals surface area contributed by atoms with Gasteiger partial charge >= 0.3 is 0 Å². The van der Waals surface area contributed by atoms with Gasteiger partial charge in [0, 0.05) is 18.9 Å². The number of methoxy groups -OCH3 is 1. The van der Waals surface area contributed by atoms with Gasteiger partial charge in [-0.3, -0.25) is 10.1 Å². The average Bonchev–Trinajstić information content (AvgIpc) is 2.34. The number of ketones is 1. The third-order valence-corrected chi connectivity index (χ3v) is 2.39. The minimum Gasteiger partial charge on any atom is -0.497 e. The Hall–Kier alpha value is -2.17. The van der Waals surface area contributed by atoms with E-state index in [4.69, 9.17) is 4.74 Å². The van der Waals surface area contributed by atoms with E-state index in [2.05, 4.69) is 0 Å². The number of nitro groups is 1. The summed E-state index contributed by atoms with van der Waals surface area (Å²) in [6.45, 7) is 1.42. The van der Waals surface area contributed by atoms with Crippen LogP contribution in [0.5, 0.6) is 5.75 Å². The molecule has 0 amide bonds. The summed E-state index contributed by atoms with van der Waals surface area (Å²) in [5.74, 6) is 0.575. The van der Waals surface area contributed by atoms with Crippen molar-refractivity contribution < 1.29 is 14.5 Å². The van der Waals surface area contributed by atoms with Gasteiger partial charge < -0.3 is 9.53 Å². The number of rotatable bonds is 6. The van der Waals surface area contributed by atoms with Gasteiger partial charge in [-0.25, -0.2) is 0 Å². The first kappa shape index (κ1) is 13.9. The second-order valence-corrected chi connectivity index (χ2v) is 3.87. The maximum atomic E-state index is 10.9. The van der Waals surface area contributed by atoms with E-state index < -0.39 is 4.92 Å². The van der Waals surface area contributed by atoms with Crippen LogP contribution < -0.4 is 4.74 Å². The third kappa shape index (κ3) is 4.37. The molecule has 5 nitrogen and oxygen atoms in total. The highest BCUT2D eigenvalue weighted by Gasteiger charge is 2.12. The summed E-state index contributed by atoms with van der Waals surface area (Å²) in [5.41, 5.74) is 0.711. The van der Waals surface area contributed by atoms with Crippen LogP contribution in [0.3, 0.4) is 0 Å². The Balaban J connectivity index is 2.92. The van der Waals surface area contributed by atoms with Crippen molar-refractivity contribution >= 4 is 11.9 Å². The van der Waals surface area contributed by atoms with Crippen molar-refractivity contribution in [3.05, 3.63) is 45.6 Å². The quantitative estimate of drug-likeness (QED) is 0.574. The molecule has 0 saturated carbocycles. The molecule has 0 heterocycles. The molecule has 5 heteroatoms. The van der Waals surface area contributed by atoms with Crippen molar-refractivity contribution in [1.82, 2.24) is 0 Å². The molecule has 0 aromatic heterocycles. The number of carbonyl (C=O) groups excluding carboxylic acids is 1. The first-order valence-corrected chi connectivity index (χ1v) is 5.51. The van der Waals surface area contributed by atoms with Crippen molar-refractivity contribution in [3.63, 3.8) is 0 Å². The van der Waals surface area contributed by atoms with E-state index in [1.54, 1.807) is 24.3 Å². The van der Waals surface area contributed by atoms with Crippen LogP contribution in [0.2, 0.25) is 0 Å². The molecule has 0 spiro atoms. The number of benzene rings is 1. The summed E-state index contributed by atoms with van der Waals surface area (Å²) in [6.07, 6.45) is 1.78. The Morgan fingerprint density at radius 1 is 1.44 bits per heavy atom. The van der Waals surface area contributed by atoms with E-state index >= 15 is 0 Å². The van der Waals surface area contributed by atoms with Gasteiger partial charge in [-0.05, 0) is 24.6 Å². The van der Waals surface area contributed by atoms with Gasteiger partial charge in [0.1, 0.15) is 11.5 Å². The minimum atomic E-state index is -0.456. The van der Waals surface area contributed by atoms with Crippen LogP contribution in [0.15, 0.2) is 30.0 Å². The van der Waals surface area contributed by atoms with E-state index in [1.165, 1.54) is 20.1 Å². The molecule has 0 unspecified atom stereocenters. The van der Waals surface area contributed by atoms with E-state index in [0.29, 0.717) is 11.3 Å². The fourth-order valence-electron chi connectivity index (χ4n) is 1.44. The molecule has 0 bridgehead atoms. The molecule has 96 valence electrons. The van der Waals surface area contributed by atoms with Crippen LogP contribution in [0.1, 0.15) is 25.3 Å². The topological polar surface area (TPSA) is 69.4 Å². The summed E-state index contributed by atoms with van der Waals surface area (Å²) in [6, 6.07) is 6.98. The van der Waals surface area contributed by atoms with E-state index in [-0.39, 0.29) is 24.3 Å². The molecule has 0 radical (unpaired) electrons. The number of ether oxygens (including phenoxy) is 1. The van der Waals surface area contributed by atoms with Crippen LogP contribution in [0.4, 0.5) is 0 Å². The van der Waals surface area contributed by atoms with Crippen molar-refractivity contribution in [1.29, 1.82) is 0 Å². The molecule has 0 aliphatic carbocycles. The largest absolute Gasteiger partial charge is 0.497 e. The van der Waals surface area contributed by atoms with Crippen molar-refractivity contribution in [3.8, 4) is 5.75 Å². The highest BCUT2D eigenvalue weighted by Crippen LogP contribution is 2.17. The monoisotopic (exact) mass is 249 g/mol. The lowest BCUT2D eigenvalue weighted by Gasteiger charge is -2.01. The maximum Gasteiger partial charge on any atom is 0.247 e. The van der Waals surface area contributed by atoms with Gasteiger partial charge in [-0.15, -0.1) is 0 Å². The van der Waals surface area contributed by atoms with Crippen molar-refractivity contribution in [2.24, 2.45) is 0 Å².